The van der Waals surface area contributed by atoms with E-state index in [1.807, 2.05) is 47.4 Å². The number of methoxy groups -OCH3 is 2. The molecule has 1 fully saturated rings. The highest BCUT2D eigenvalue weighted by Gasteiger charge is 2.36. The molecule has 220 valence electrons. The quantitative estimate of drug-likeness (QED) is 0.216. The number of alkyl halides is 3. The zero-order valence-electron chi connectivity index (χ0n) is 24.1. The summed E-state index contributed by atoms with van der Waals surface area (Å²) in [5.74, 6) is 1.49. The normalized spacial score (nSPS) is 14.8. The van der Waals surface area contributed by atoms with Crippen molar-refractivity contribution in [2.75, 3.05) is 33.9 Å². The van der Waals surface area contributed by atoms with Crippen LogP contribution in [-0.4, -0.2) is 60.6 Å². The first-order valence-electron chi connectivity index (χ1n) is 13.9. The van der Waals surface area contributed by atoms with Crippen molar-refractivity contribution in [1.29, 1.82) is 0 Å². The topological polar surface area (TPSA) is 54.9 Å². The first kappa shape index (κ1) is 29.4. The number of aromatic nitrogens is 1. The van der Waals surface area contributed by atoms with Crippen LogP contribution in [0.2, 0.25) is 0 Å². The number of rotatable bonds is 9. The van der Waals surface area contributed by atoms with Crippen LogP contribution < -0.4 is 9.47 Å². The molecule has 1 saturated heterocycles. The monoisotopic (exact) mass is 577 g/mol. The van der Waals surface area contributed by atoms with Gasteiger partial charge in [0.15, 0.2) is 0 Å². The van der Waals surface area contributed by atoms with Gasteiger partial charge in [0.2, 0.25) is 0 Å². The fourth-order valence-corrected chi connectivity index (χ4v) is 5.51. The lowest BCUT2D eigenvalue weighted by Gasteiger charge is -2.45. The number of amides is 1. The van der Waals surface area contributed by atoms with Crippen molar-refractivity contribution in [3.05, 3.63) is 89.6 Å². The lowest BCUT2D eigenvalue weighted by molar-refractivity contribution is -0.137. The maximum Gasteiger partial charge on any atom is 0.416 e. The molecule has 6 nitrogen and oxygen atoms in total. The van der Waals surface area contributed by atoms with Gasteiger partial charge >= 0.3 is 6.18 Å². The van der Waals surface area contributed by atoms with Crippen molar-refractivity contribution in [1.82, 2.24) is 14.8 Å². The number of ether oxygens (including phenoxy) is 2. The Balaban J connectivity index is 1.48. The Kier molecular flexibility index (Phi) is 8.41. The van der Waals surface area contributed by atoms with Gasteiger partial charge < -0.3 is 19.3 Å². The number of carbonyl (C=O) groups is 1. The SMILES string of the molecule is CCN1CC(C(C)N(Cc2ccc(OC)cc2OC)C(=O)c2cnc3c(-c4ccc(C(F)(F)F)cc4)cccc3c2)C1. The molecule has 9 heteroatoms. The van der Waals surface area contributed by atoms with Gasteiger partial charge in [-0.05, 0) is 49.4 Å². The van der Waals surface area contributed by atoms with E-state index >= 15 is 0 Å². The molecule has 3 aromatic carbocycles. The molecule has 0 radical (unpaired) electrons. The minimum Gasteiger partial charge on any atom is -0.497 e. The zero-order valence-corrected chi connectivity index (χ0v) is 24.1. The van der Waals surface area contributed by atoms with Crippen LogP contribution in [0, 0.1) is 5.92 Å². The van der Waals surface area contributed by atoms with Crippen molar-refractivity contribution in [2.24, 2.45) is 5.92 Å². The summed E-state index contributed by atoms with van der Waals surface area (Å²) in [5, 5.41) is 0.730. The molecule has 42 heavy (non-hydrogen) atoms. The Morgan fingerprint density at radius 3 is 2.43 bits per heavy atom. The third kappa shape index (κ3) is 5.92. The molecule has 1 amide bonds. The number of halogens is 3. The Labute approximate surface area is 243 Å². The summed E-state index contributed by atoms with van der Waals surface area (Å²) >= 11 is 0. The third-order valence-corrected chi connectivity index (χ3v) is 8.18. The summed E-state index contributed by atoms with van der Waals surface area (Å²) in [5.41, 5.74) is 2.53. The van der Waals surface area contributed by atoms with Gasteiger partial charge in [-0.25, -0.2) is 0 Å². The summed E-state index contributed by atoms with van der Waals surface area (Å²) in [7, 11) is 3.19. The molecule has 1 atom stereocenters. The molecule has 1 aliphatic rings. The fraction of sp³-hybridized carbons (Fsp3) is 0.333. The van der Waals surface area contributed by atoms with Crippen molar-refractivity contribution < 1.29 is 27.4 Å². The van der Waals surface area contributed by atoms with Crippen molar-refractivity contribution in [3.63, 3.8) is 0 Å². The summed E-state index contributed by atoms with van der Waals surface area (Å²) < 4.78 is 50.2. The molecule has 0 N–H and O–H groups in total. The van der Waals surface area contributed by atoms with E-state index in [1.54, 1.807) is 20.4 Å². The number of nitrogens with zero attached hydrogens (tertiary/aromatic N) is 3. The van der Waals surface area contributed by atoms with E-state index < -0.39 is 11.7 Å². The Morgan fingerprint density at radius 2 is 1.79 bits per heavy atom. The van der Waals surface area contributed by atoms with Crippen LogP contribution >= 0.6 is 0 Å². The number of fused-ring (bicyclic) bond motifs is 1. The second-order valence-electron chi connectivity index (χ2n) is 10.6. The van der Waals surface area contributed by atoms with Crippen LogP contribution in [-0.2, 0) is 12.7 Å². The van der Waals surface area contributed by atoms with Gasteiger partial charge in [-0.15, -0.1) is 0 Å². The highest BCUT2D eigenvalue weighted by molar-refractivity contribution is 6.00. The first-order chi connectivity index (χ1) is 20.1. The van der Waals surface area contributed by atoms with Crippen LogP contribution in [0.25, 0.3) is 22.0 Å². The molecule has 0 saturated carbocycles. The summed E-state index contributed by atoms with van der Waals surface area (Å²) in [4.78, 5) is 23.0. The van der Waals surface area contributed by atoms with Crippen molar-refractivity contribution in [3.8, 4) is 22.6 Å². The van der Waals surface area contributed by atoms with E-state index in [1.165, 1.54) is 12.1 Å². The highest BCUT2D eigenvalue weighted by Crippen LogP contribution is 2.34. The minimum atomic E-state index is -4.40. The second-order valence-corrected chi connectivity index (χ2v) is 10.6. The van der Waals surface area contributed by atoms with Crippen LogP contribution in [0.1, 0.15) is 35.3 Å². The van der Waals surface area contributed by atoms with Crippen LogP contribution in [0.15, 0.2) is 72.9 Å². The average molecular weight is 578 g/mol. The fourth-order valence-electron chi connectivity index (χ4n) is 5.51. The van der Waals surface area contributed by atoms with Gasteiger partial charge in [0, 0.05) is 60.4 Å². The first-order valence-corrected chi connectivity index (χ1v) is 13.9. The number of likely N-dealkylation sites (tertiary alicyclic amines) is 1. The molecular formula is C33H34F3N3O3. The summed E-state index contributed by atoms with van der Waals surface area (Å²) in [6.45, 7) is 7.38. The lowest BCUT2D eigenvalue weighted by atomic mass is 9.90. The third-order valence-electron chi connectivity index (χ3n) is 8.18. The molecule has 4 aromatic rings. The van der Waals surface area contributed by atoms with Crippen LogP contribution in [0.3, 0.4) is 0 Å². The molecule has 1 aliphatic heterocycles. The second kappa shape index (κ2) is 12.0. The van der Waals surface area contributed by atoms with Gasteiger partial charge in [0.25, 0.3) is 5.91 Å². The summed E-state index contributed by atoms with van der Waals surface area (Å²) in [6.07, 6.45) is -2.85. The Hall–Kier alpha value is -4.11. The maximum absolute atomic E-state index is 14.1. The van der Waals surface area contributed by atoms with E-state index in [2.05, 4.69) is 23.7 Å². The Bertz CT molecular complexity index is 1570. The number of carbonyl (C=O) groups excluding carboxylic acids is 1. The Morgan fingerprint density at radius 1 is 1.05 bits per heavy atom. The molecule has 0 spiro atoms. The largest absolute Gasteiger partial charge is 0.497 e. The molecule has 0 aliphatic carbocycles. The van der Waals surface area contributed by atoms with Gasteiger partial charge in [0.1, 0.15) is 11.5 Å². The molecular weight excluding hydrogens is 543 g/mol. The van der Waals surface area contributed by atoms with E-state index in [0.717, 1.165) is 42.7 Å². The predicted octanol–water partition coefficient (Wildman–Crippen LogP) is 6.92. The van der Waals surface area contributed by atoms with Crippen LogP contribution in [0.5, 0.6) is 11.5 Å². The number of pyridine rings is 1. The molecule has 0 bridgehead atoms. The number of benzene rings is 3. The zero-order chi connectivity index (χ0) is 30.0. The van der Waals surface area contributed by atoms with Gasteiger partial charge in [0.05, 0.1) is 30.9 Å². The number of para-hydroxylation sites is 1. The average Bonchev–Trinajstić information content (AvgIpc) is 2.98. The van der Waals surface area contributed by atoms with Crippen molar-refractivity contribution >= 4 is 16.8 Å². The number of hydrogen-bond acceptors (Lipinski definition) is 5. The summed E-state index contributed by atoms with van der Waals surface area (Å²) in [6, 6.07) is 17.9. The maximum atomic E-state index is 14.1. The van der Waals surface area contributed by atoms with Gasteiger partial charge in [-0.1, -0.05) is 37.3 Å². The molecule has 5 rings (SSSR count). The van der Waals surface area contributed by atoms with E-state index in [9.17, 15) is 18.0 Å². The minimum absolute atomic E-state index is 0.0405. The lowest BCUT2D eigenvalue weighted by Crippen LogP contribution is -2.56. The van der Waals surface area contributed by atoms with Gasteiger partial charge in [-0.3, -0.25) is 9.78 Å². The standard InChI is InChI=1S/C33H34F3N3O3/c1-5-38-18-26(19-38)21(2)39(20-24-11-14-28(41-3)16-30(24)42-4)32(40)25-15-23-7-6-8-29(31(23)37-17-25)22-9-12-27(13-10-22)33(34,35)36/h6-17,21,26H,5,18-20H2,1-4H3. The molecule has 1 aromatic heterocycles. The molecule has 2 heterocycles. The van der Waals surface area contributed by atoms with E-state index in [0.29, 0.717) is 46.2 Å². The van der Waals surface area contributed by atoms with Crippen molar-refractivity contribution in [2.45, 2.75) is 32.6 Å². The predicted molar refractivity (Wildman–Crippen MR) is 157 cm³/mol. The smallest absolute Gasteiger partial charge is 0.416 e. The van der Waals surface area contributed by atoms with Gasteiger partial charge in [-0.2, -0.15) is 13.2 Å². The van der Waals surface area contributed by atoms with E-state index in [4.69, 9.17) is 9.47 Å². The highest BCUT2D eigenvalue weighted by atomic mass is 19.4. The number of hydrogen-bond donors (Lipinski definition) is 0. The van der Waals surface area contributed by atoms with E-state index in [-0.39, 0.29) is 11.9 Å². The molecule has 1 unspecified atom stereocenters. The van der Waals surface area contributed by atoms with Crippen LogP contribution in [0.4, 0.5) is 13.2 Å².